The number of hydrogen-bond acceptors (Lipinski definition) is 2. The first-order chi connectivity index (χ1) is 15.6. The average molecular weight is 431 g/mol. The highest BCUT2D eigenvalue weighted by atomic mass is 19.1. The lowest BCUT2D eigenvalue weighted by molar-refractivity contribution is 0.362. The van der Waals surface area contributed by atoms with Gasteiger partial charge in [0, 0.05) is 5.41 Å². The maximum Gasteiger partial charge on any atom is 0.165 e. The molecule has 2 nitrogen and oxygen atoms in total. The fourth-order valence-electron chi connectivity index (χ4n) is 3.93. The molecular weight excluding hydrogens is 399 g/mol. The minimum Gasteiger partial charge on any atom is -0.490 e. The molecule has 0 aliphatic heterocycles. The van der Waals surface area contributed by atoms with Gasteiger partial charge in [-0.15, -0.1) is 6.58 Å². The van der Waals surface area contributed by atoms with E-state index in [9.17, 15) is 4.39 Å². The molecule has 1 atom stereocenters. The number of hydrogen-bond donors (Lipinski definition) is 0. The Morgan fingerprint density at radius 2 is 1.69 bits per heavy atom. The summed E-state index contributed by atoms with van der Waals surface area (Å²) in [6.07, 6.45) is 7.48. The van der Waals surface area contributed by atoms with Gasteiger partial charge in [-0.1, -0.05) is 62.1 Å². The summed E-state index contributed by atoms with van der Waals surface area (Å²) in [7, 11) is 0. The van der Waals surface area contributed by atoms with Crippen LogP contribution in [0.2, 0.25) is 0 Å². The number of aryl methyl sites for hydroxylation is 1. The van der Waals surface area contributed by atoms with Crippen molar-refractivity contribution in [3.63, 3.8) is 0 Å². The third kappa shape index (κ3) is 5.88. The molecule has 0 N–H and O–H groups in total. The lowest BCUT2D eigenvalue weighted by Crippen LogP contribution is -2.22. The molecule has 0 saturated carbocycles. The van der Waals surface area contributed by atoms with Crippen LogP contribution >= 0.6 is 0 Å². The number of ether oxygens (including phenoxy) is 2. The number of rotatable bonds is 12. The van der Waals surface area contributed by atoms with Gasteiger partial charge in [0.15, 0.2) is 11.6 Å². The quantitative estimate of drug-likeness (QED) is 0.271. The molecule has 3 aromatic carbocycles. The topological polar surface area (TPSA) is 18.5 Å². The molecule has 0 fully saturated rings. The van der Waals surface area contributed by atoms with E-state index in [1.165, 1.54) is 11.6 Å². The van der Waals surface area contributed by atoms with Gasteiger partial charge >= 0.3 is 0 Å². The molecule has 32 heavy (non-hydrogen) atoms. The van der Waals surface area contributed by atoms with Crippen LogP contribution < -0.4 is 9.47 Å². The summed E-state index contributed by atoms with van der Waals surface area (Å²) in [5.74, 6) is 1.36. The maximum absolute atomic E-state index is 14.3. The van der Waals surface area contributed by atoms with Crippen molar-refractivity contribution in [3.05, 3.63) is 115 Å². The van der Waals surface area contributed by atoms with E-state index >= 15 is 0 Å². The van der Waals surface area contributed by atoms with Crippen LogP contribution in [0.3, 0.4) is 0 Å². The number of allylic oxidation sites excluding steroid dienone is 1. The molecule has 1 unspecified atom stereocenters. The Balaban J connectivity index is 1.67. The molecular formula is C29H31FO2. The zero-order chi connectivity index (χ0) is 22.8. The van der Waals surface area contributed by atoms with E-state index in [0.717, 1.165) is 37.0 Å². The number of halogens is 1. The molecule has 0 aromatic heterocycles. The van der Waals surface area contributed by atoms with Crippen LogP contribution in [-0.2, 0) is 11.8 Å². The average Bonchev–Trinajstić information content (AvgIpc) is 2.84. The van der Waals surface area contributed by atoms with Gasteiger partial charge in [-0.2, -0.15) is 0 Å². The monoisotopic (exact) mass is 430 g/mol. The van der Waals surface area contributed by atoms with Crippen LogP contribution in [0.5, 0.6) is 17.2 Å². The third-order valence-electron chi connectivity index (χ3n) is 5.87. The van der Waals surface area contributed by atoms with E-state index in [1.54, 1.807) is 12.1 Å². The molecule has 166 valence electrons. The number of para-hydroxylation sites is 1. The molecule has 0 heterocycles. The van der Waals surface area contributed by atoms with Crippen LogP contribution in [0.15, 0.2) is 98.1 Å². The standard InChI is InChI=1S/C29H31FO2/c1-4-21-31-25-17-15-24(16-18-25)29(5-2,6-3)20-10-11-23-14-19-27(30)28(22-23)32-26-12-8-7-9-13-26/h4-5,7-9,12-19,22H,1-2,6,10-11,20-21H2,3H3. The van der Waals surface area contributed by atoms with Crippen molar-refractivity contribution >= 4 is 0 Å². The molecule has 0 spiro atoms. The van der Waals surface area contributed by atoms with Crippen LogP contribution in [0.1, 0.15) is 37.3 Å². The van der Waals surface area contributed by atoms with Crippen LogP contribution in [0.25, 0.3) is 0 Å². The Bertz CT molecular complexity index is 1010. The molecule has 3 rings (SSSR count). The van der Waals surface area contributed by atoms with E-state index in [-0.39, 0.29) is 17.0 Å². The first-order valence-corrected chi connectivity index (χ1v) is 11.1. The summed E-state index contributed by atoms with van der Waals surface area (Å²) in [4.78, 5) is 0. The van der Waals surface area contributed by atoms with Crippen LogP contribution in [-0.4, -0.2) is 6.61 Å². The predicted octanol–water partition coefficient (Wildman–Crippen LogP) is 8.04. The van der Waals surface area contributed by atoms with E-state index in [2.05, 4.69) is 38.3 Å². The molecule has 0 aliphatic carbocycles. The van der Waals surface area contributed by atoms with E-state index in [1.807, 2.05) is 48.5 Å². The van der Waals surface area contributed by atoms with Gasteiger partial charge in [0.1, 0.15) is 18.1 Å². The van der Waals surface area contributed by atoms with Gasteiger partial charge in [-0.05, 0) is 73.2 Å². The second-order valence-electron chi connectivity index (χ2n) is 7.87. The lowest BCUT2D eigenvalue weighted by atomic mass is 9.74. The van der Waals surface area contributed by atoms with Gasteiger partial charge < -0.3 is 9.47 Å². The predicted molar refractivity (Wildman–Crippen MR) is 130 cm³/mol. The Kier molecular flexibility index (Phi) is 8.27. The molecule has 0 aliphatic rings. The fourth-order valence-corrected chi connectivity index (χ4v) is 3.93. The van der Waals surface area contributed by atoms with E-state index in [4.69, 9.17) is 9.47 Å². The summed E-state index contributed by atoms with van der Waals surface area (Å²) in [6.45, 7) is 10.5. The van der Waals surface area contributed by atoms with Crippen molar-refractivity contribution in [3.8, 4) is 17.2 Å². The molecule has 0 amide bonds. The highest BCUT2D eigenvalue weighted by Gasteiger charge is 2.26. The summed E-state index contributed by atoms with van der Waals surface area (Å²) in [5.41, 5.74) is 2.17. The summed E-state index contributed by atoms with van der Waals surface area (Å²) in [6, 6.07) is 22.6. The minimum atomic E-state index is -0.356. The first-order valence-electron chi connectivity index (χ1n) is 11.1. The second kappa shape index (κ2) is 11.3. The normalized spacial score (nSPS) is 12.6. The van der Waals surface area contributed by atoms with Gasteiger partial charge in [0.05, 0.1) is 0 Å². The zero-order valence-corrected chi connectivity index (χ0v) is 18.7. The maximum atomic E-state index is 14.3. The summed E-state index contributed by atoms with van der Waals surface area (Å²) >= 11 is 0. The lowest BCUT2D eigenvalue weighted by Gasteiger charge is -2.30. The Hall–Kier alpha value is -3.33. The molecule has 0 saturated heterocycles. The fraction of sp³-hybridized carbons (Fsp3) is 0.241. The van der Waals surface area contributed by atoms with E-state index in [0.29, 0.717) is 12.4 Å². The van der Waals surface area contributed by atoms with Crippen molar-refractivity contribution in [2.75, 3.05) is 6.61 Å². The van der Waals surface area contributed by atoms with Crippen molar-refractivity contribution in [2.24, 2.45) is 0 Å². The van der Waals surface area contributed by atoms with Crippen molar-refractivity contribution in [2.45, 2.75) is 38.0 Å². The van der Waals surface area contributed by atoms with Gasteiger partial charge in [-0.25, -0.2) is 4.39 Å². The van der Waals surface area contributed by atoms with Crippen molar-refractivity contribution < 1.29 is 13.9 Å². The second-order valence-corrected chi connectivity index (χ2v) is 7.87. The largest absolute Gasteiger partial charge is 0.490 e. The van der Waals surface area contributed by atoms with Crippen LogP contribution in [0, 0.1) is 5.82 Å². The van der Waals surface area contributed by atoms with Gasteiger partial charge in [0.25, 0.3) is 0 Å². The third-order valence-corrected chi connectivity index (χ3v) is 5.87. The Labute approximate surface area is 191 Å². The van der Waals surface area contributed by atoms with E-state index < -0.39 is 0 Å². The van der Waals surface area contributed by atoms with Crippen LogP contribution in [0.4, 0.5) is 4.39 Å². The Morgan fingerprint density at radius 1 is 0.938 bits per heavy atom. The molecule has 0 bridgehead atoms. The van der Waals surface area contributed by atoms with Gasteiger partial charge in [-0.3, -0.25) is 0 Å². The van der Waals surface area contributed by atoms with Crippen molar-refractivity contribution in [1.82, 2.24) is 0 Å². The Morgan fingerprint density at radius 3 is 2.34 bits per heavy atom. The highest BCUT2D eigenvalue weighted by Crippen LogP contribution is 2.36. The summed E-state index contributed by atoms with van der Waals surface area (Å²) in [5, 5.41) is 0. The molecule has 3 aromatic rings. The molecule has 0 radical (unpaired) electrons. The minimum absolute atomic E-state index is 0.111. The van der Waals surface area contributed by atoms with Crippen molar-refractivity contribution in [1.29, 1.82) is 0 Å². The molecule has 3 heteroatoms. The number of benzene rings is 3. The van der Waals surface area contributed by atoms with Gasteiger partial charge in [0.2, 0.25) is 0 Å². The first kappa shape index (κ1) is 23.3. The smallest absolute Gasteiger partial charge is 0.165 e. The summed E-state index contributed by atoms with van der Waals surface area (Å²) < 4.78 is 25.6. The SMILES string of the molecule is C=CCOc1ccc(C(C=C)(CC)CCCc2ccc(F)c(Oc3ccccc3)c2)cc1. The zero-order valence-electron chi connectivity index (χ0n) is 18.7. The highest BCUT2D eigenvalue weighted by molar-refractivity contribution is 5.37.